The molecule has 0 radical (unpaired) electrons. The minimum absolute atomic E-state index is 0.116. The van der Waals surface area contributed by atoms with Crippen LogP contribution in [-0.4, -0.2) is 47.8 Å². The van der Waals surface area contributed by atoms with Crippen molar-refractivity contribution in [1.29, 1.82) is 0 Å². The first-order chi connectivity index (χ1) is 14.3. The van der Waals surface area contributed by atoms with Crippen LogP contribution in [0.2, 0.25) is 0 Å². The van der Waals surface area contributed by atoms with Crippen molar-refractivity contribution in [2.45, 2.75) is 58.9 Å². The van der Waals surface area contributed by atoms with Crippen molar-refractivity contribution in [3.63, 3.8) is 0 Å². The number of hydrogen-bond donors (Lipinski definition) is 1. The number of amides is 3. The molecule has 1 saturated carbocycles. The first-order valence-electron chi connectivity index (χ1n) is 10.7. The number of fused-ring (bicyclic) bond motifs is 1. The smallest absolute Gasteiger partial charge is 0.338 e. The van der Waals surface area contributed by atoms with Crippen molar-refractivity contribution in [3.8, 4) is 0 Å². The van der Waals surface area contributed by atoms with Gasteiger partial charge < -0.3 is 10.1 Å². The highest BCUT2D eigenvalue weighted by Crippen LogP contribution is 2.25. The summed E-state index contributed by atoms with van der Waals surface area (Å²) in [6.45, 7) is 6.15. The average molecular weight is 415 g/mol. The molecule has 162 valence electrons. The van der Waals surface area contributed by atoms with Crippen LogP contribution < -0.4 is 5.32 Å². The first-order valence-corrected chi connectivity index (χ1v) is 10.7. The van der Waals surface area contributed by atoms with Crippen LogP contribution in [0.3, 0.4) is 0 Å². The third-order valence-electron chi connectivity index (χ3n) is 5.93. The monoisotopic (exact) mass is 414 g/mol. The van der Waals surface area contributed by atoms with E-state index in [0.29, 0.717) is 23.9 Å². The van der Waals surface area contributed by atoms with Crippen LogP contribution in [0.1, 0.15) is 83.9 Å². The van der Waals surface area contributed by atoms with E-state index >= 15 is 0 Å². The molecule has 1 fully saturated rings. The Bertz CT molecular complexity index is 848. The highest BCUT2D eigenvalue weighted by Gasteiger charge is 2.36. The van der Waals surface area contributed by atoms with Crippen LogP contribution in [0.4, 0.5) is 0 Å². The number of nitrogens with zero attached hydrogens (tertiary/aromatic N) is 1. The third-order valence-corrected chi connectivity index (χ3v) is 5.93. The minimum atomic E-state index is -0.689. The van der Waals surface area contributed by atoms with E-state index in [4.69, 9.17) is 4.74 Å². The Morgan fingerprint density at radius 2 is 1.83 bits per heavy atom. The van der Waals surface area contributed by atoms with E-state index < -0.39 is 11.9 Å². The number of esters is 1. The molecule has 3 rings (SSSR count). The van der Waals surface area contributed by atoms with Crippen LogP contribution in [0, 0.1) is 11.8 Å². The van der Waals surface area contributed by atoms with Gasteiger partial charge in [0.05, 0.1) is 16.7 Å². The zero-order valence-corrected chi connectivity index (χ0v) is 17.9. The molecule has 0 spiro atoms. The molecular formula is C23H30N2O5. The van der Waals surface area contributed by atoms with E-state index in [1.807, 2.05) is 13.8 Å². The number of nitrogens with one attached hydrogen (secondary N) is 1. The molecule has 2 atom stereocenters. The predicted molar refractivity (Wildman–Crippen MR) is 111 cm³/mol. The Labute approximate surface area is 177 Å². The summed E-state index contributed by atoms with van der Waals surface area (Å²) in [6, 6.07) is 4.43. The van der Waals surface area contributed by atoms with Gasteiger partial charge in [-0.05, 0) is 49.3 Å². The van der Waals surface area contributed by atoms with Crippen molar-refractivity contribution in [2.75, 3.05) is 13.2 Å². The lowest BCUT2D eigenvalue weighted by molar-refractivity contribution is -0.125. The highest BCUT2D eigenvalue weighted by molar-refractivity contribution is 6.22. The highest BCUT2D eigenvalue weighted by atomic mass is 16.5. The van der Waals surface area contributed by atoms with Gasteiger partial charge in [0.1, 0.15) is 0 Å². The van der Waals surface area contributed by atoms with E-state index in [0.717, 1.165) is 25.7 Å². The topological polar surface area (TPSA) is 92.8 Å². The number of rotatable bonds is 7. The van der Waals surface area contributed by atoms with Crippen molar-refractivity contribution in [2.24, 2.45) is 11.8 Å². The van der Waals surface area contributed by atoms with Gasteiger partial charge in [0.15, 0.2) is 6.61 Å². The predicted octanol–water partition coefficient (Wildman–Crippen LogP) is 3.18. The summed E-state index contributed by atoms with van der Waals surface area (Å²) in [5, 5.41) is 2.94. The fraction of sp³-hybridized carbons (Fsp3) is 0.565. The lowest BCUT2D eigenvalue weighted by atomic mass is 9.86. The fourth-order valence-electron chi connectivity index (χ4n) is 4.00. The number of imide groups is 1. The van der Waals surface area contributed by atoms with E-state index in [-0.39, 0.29) is 35.6 Å². The van der Waals surface area contributed by atoms with Crippen LogP contribution in [0.5, 0.6) is 0 Å². The van der Waals surface area contributed by atoms with Crippen molar-refractivity contribution >= 4 is 23.7 Å². The molecule has 30 heavy (non-hydrogen) atoms. The molecule has 1 aliphatic heterocycles. The first kappa shape index (κ1) is 22.0. The van der Waals surface area contributed by atoms with Gasteiger partial charge in [-0.15, -0.1) is 0 Å². The Balaban J connectivity index is 1.58. The molecule has 1 aromatic rings. The van der Waals surface area contributed by atoms with Gasteiger partial charge in [-0.3, -0.25) is 19.3 Å². The van der Waals surface area contributed by atoms with Crippen molar-refractivity contribution < 1.29 is 23.9 Å². The second-order valence-electron chi connectivity index (χ2n) is 8.72. The van der Waals surface area contributed by atoms with E-state index in [1.165, 1.54) is 29.5 Å². The van der Waals surface area contributed by atoms with Crippen LogP contribution >= 0.6 is 0 Å². The summed E-state index contributed by atoms with van der Waals surface area (Å²) in [5.41, 5.74) is 0.655. The lowest BCUT2D eigenvalue weighted by Crippen LogP contribution is -2.42. The zero-order chi connectivity index (χ0) is 21.8. The van der Waals surface area contributed by atoms with Crippen LogP contribution in [0.15, 0.2) is 18.2 Å². The molecule has 7 heteroatoms. The fourth-order valence-corrected chi connectivity index (χ4v) is 4.00. The van der Waals surface area contributed by atoms with Gasteiger partial charge in [-0.25, -0.2) is 4.79 Å². The molecule has 0 bridgehead atoms. The van der Waals surface area contributed by atoms with Gasteiger partial charge in [-0.2, -0.15) is 0 Å². The van der Waals surface area contributed by atoms with Gasteiger partial charge >= 0.3 is 5.97 Å². The molecular weight excluding hydrogens is 384 g/mol. The Kier molecular flexibility index (Phi) is 6.90. The largest absolute Gasteiger partial charge is 0.452 e. The van der Waals surface area contributed by atoms with E-state index in [1.54, 1.807) is 0 Å². The summed E-state index contributed by atoms with van der Waals surface area (Å²) < 4.78 is 5.13. The number of carbonyl (C=O) groups excluding carboxylic acids is 4. The van der Waals surface area contributed by atoms with Gasteiger partial charge in [0.25, 0.3) is 17.7 Å². The van der Waals surface area contributed by atoms with E-state index in [2.05, 4.69) is 12.2 Å². The summed E-state index contributed by atoms with van der Waals surface area (Å²) in [7, 11) is 0. The number of carbonyl (C=O) groups is 4. The number of hydrogen-bond acceptors (Lipinski definition) is 5. The zero-order valence-electron chi connectivity index (χ0n) is 17.9. The second-order valence-corrected chi connectivity index (χ2v) is 8.72. The maximum absolute atomic E-state index is 12.6. The minimum Gasteiger partial charge on any atom is -0.452 e. The molecule has 1 aliphatic carbocycles. The van der Waals surface area contributed by atoms with Crippen molar-refractivity contribution in [1.82, 2.24) is 10.2 Å². The van der Waals surface area contributed by atoms with Gasteiger partial charge in [-0.1, -0.05) is 33.6 Å². The molecule has 1 aromatic carbocycles. The quantitative estimate of drug-likeness (QED) is 0.546. The lowest BCUT2D eigenvalue weighted by Gasteiger charge is -2.29. The summed E-state index contributed by atoms with van der Waals surface area (Å²) >= 11 is 0. The van der Waals surface area contributed by atoms with Gasteiger partial charge in [0, 0.05) is 12.6 Å². The second kappa shape index (κ2) is 9.41. The summed E-state index contributed by atoms with van der Waals surface area (Å²) in [4.78, 5) is 50.8. The molecule has 0 aromatic heterocycles. The SMILES string of the molecule is CC(C)CCN1C(=O)c2ccc(C(=O)OCC(=O)NC3CCCCC3C)cc2C1=O. The number of benzene rings is 1. The summed E-state index contributed by atoms with van der Waals surface area (Å²) in [5.74, 6) is -0.967. The number of ether oxygens (including phenoxy) is 1. The van der Waals surface area contributed by atoms with Crippen LogP contribution in [0.25, 0.3) is 0 Å². The molecule has 1 N–H and O–H groups in total. The molecule has 7 nitrogen and oxygen atoms in total. The Hall–Kier alpha value is -2.70. The standard InChI is InChI=1S/C23H30N2O5/c1-14(2)10-11-25-21(27)17-9-8-16(12-18(17)22(25)28)23(29)30-13-20(26)24-19-7-5-4-6-15(19)3/h8-9,12,14-15,19H,4-7,10-11,13H2,1-3H3,(H,24,26). The maximum Gasteiger partial charge on any atom is 0.338 e. The molecule has 0 saturated heterocycles. The molecule has 2 aliphatic rings. The maximum atomic E-state index is 12.6. The Morgan fingerprint density at radius 3 is 2.53 bits per heavy atom. The van der Waals surface area contributed by atoms with Crippen molar-refractivity contribution in [3.05, 3.63) is 34.9 Å². The molecule has 1 heterocycles. The summed E-state index contributed by atoms with van der Waals surface area (Å²) in [6.07, 6.45) is 5.01. The average Bonchev–Trinajstić information content (AvgIpc) is 2.96. The normalized spacial score (nSPS) is 21.0. The molecule has 3 amide bonds. The molecule has 2 unspecified atom stereocenters. The van der Waals surface area contributed by atoms with E-state index in [9.17, 15) is 19.2 Å². The Morgan fingerprint density at radius 1 is 1.13 bits per heavy atom. The third kappa shape index (κ3) is 4.89. The van der Waals surface area contributed by atoms with Gasteiger partial charge in [0.2, 0.25) is 0 Å². The van der Waals surface area contributed by atoms with Crippen LogP contribution in [-0.2, 0) is 9.53 Å².